The second kappa shape index (κ2) is 13.7. The lowest BCUT2D eigenvalue weighted by Crippen LogP contribution is -2.47. The number of carbonyl (C=O) groups is 1. The average Bonchev–Trinajstić information content (AvgIpc) is 3.15. The zero-order chi connectivity index (χ0) is 19.8. The van der Waals surface area contributed by atoms with Crippen LogP contribution in [0, 0.1) is 5.92 Å². The molecule has 3 N–H and O–H groups in total. The zero-order valence-corrected chi connectivity index (χ0v) is 19.5. The summed E-state index contributed by atoms with van der Waals surface area (Å²) in [4.78, 5) is 16.9. The summed E-state index contributed by atoms with van der Waals surface area (Å²) in [6.07, 6.45) is 12.8. The second-order valence-electron chi connectivity index (χ2n) is 8.20. The van der Waals surface area contributed by atoms with Crippen LogP contribution in [0.25, 0.3) is 0 Å². The van der Waals surface area contributed by atoms with Crippen molar-refractivity contribution < 1.29 is 4.79 Å². The van der Waals surface area contributed by atoms with Crippen molar-refractivity contribution in [1.29, 1.82) is 0 Å². The van der Waals surface area contributed by atoms with Gasteiger partial charge in [-0.15, -0.1) is 24.8 Å². The highest BCUT2D eigenvalue weighted by Gasteiger charge is 2.24. The number of halogens is 2. The third kappa shape index (κ3) is 8.29. The first-order valence-electron chi connectivity index (χ1n) is 10.7. The van der Waals surface area contributed by atoms with Gasteiger partial charge in [0, 0.05) is 25.2 Å². The molecular weight excluding hydrogens is 419 g/mol. The Bertz CT molecular complexity index is 730. The molecule has 7 heteroatoms. The van der Waals surface area contributed by atoms with Gasteiger partial charge in [0.1, 0.15) is 0 Å². The molecule has 168 valence electrons. The number of hydrogen-bond acceptors (Lipinski definition) is 3. The highest BCUT2D eigenvalue weighted by molar-refractivity contribution is 5.85. The van der Waals surface area contributed by atoms with Gasteiger partial charge in [-0.2, -0.15) is 0 Å². The van der Waals surface area contributed by atoms with E-state index in [1.165, 1.54) is 37.7 Å². The lowest BCUT2D eigenvalue weighted by molar-refractivity contribution is -0.123. The summed E-state index contributed by atoms with van der Waals surface area (Å²) in [6.45, 7) is 3.02. The number of nitrogens with one attached hydrogen (secondary N) is 1. The zero-order valence-electron chi connectivity index (χ0n) is 17.8. The minimum atomic E-state index is -0.544. The number of benzene rings is 1. The summed E-state index contributed by atoms with van der Waals surface area (Å²) in [5.74, 6) is 0.796. The third-order valence-corrected chi connectivity index (χ3v) is 5.82. The Morgan fingerprint density at radius 1 is 1.20 bits per heavy atom. The van der Waals surface area contributed by atoms with E-state index in [1.54, 1.807) is 0 Å². The van der Waals surface area contributed by atoms with Crippen molar-refractivity contribution in [3.05, 3.63) is 54.1 Å². The molecule has 0 unspecified atom stereocenters. The van der Waals surface area contributed by atoms with Crippen LogP contribution in [0.15, 0.2) is 42.9 Å². The SMILES string of the molecule is CCCCC1CCC(NC(=O)[C@@H](N)Cc2cn(Cc3ccccc3)cn2)CC1.Cl.Cl. The molecule has 1 heterocycles. The topological polar surface area (TPSA) is 72.9 Å². The van der Waals surface area contributed by atoms with Crippen LogP contribution in [0.3, 0.4) is 0 Å². The van der Waals surface area contributed by atoms with Gasteiger partial charge in [-0.05, 0) is 37.2 Å². The van der Waals surface area contributed by atoms with E-state index in [0.29, 0.717) is 6.42 Å². The van der Waals surface area contributed by atoms with Gasteiger partial charge in [-0.1, -0.05) is 56.5 Å². The number of aromatic nitrogens is 2. The van der Waals surface area contributed by atoms with Crippen LogP contribution >= 0.6 is 24.8 Å². The van der Waals surface area contributed by atoms with Crippen molar-refractivity contribution in [3.8, 4) is 0 Å². The fraction of sp³-hybridized carbons (Fsp3) is 0.565. The maximum atomic E-state index is 12.5. The number of amides is 1. The number of nitrogens with zero attached hydrogens (tertiary/aromatic N) is 2. The lowest BCUT2D eigenvalue weighted by atomic mass is 9.83. The van der Waals surface area contributed by atoms with Crippen molar-refractivity contribution in [2.75, 3.05) is 0 Å². The van der Waals surface area contributed by atoms with E-state index in [9.17, 15) is 4.79 Å². The van der Waals surface area contributed by atoms with Crippen LogP contribution in [0.4, 0.5) is 0 Å². The van der Waals surface area contributed by atoms with Gasteiger partial charge in [0.15, 0.2) is 0 Å². The van der Waals surface area contributed by atoms with Crippen LogP contribution in [-0.4, -0.2) is 27.5 Å². The van der Waals surface area contributed by atoms with E-state index >= 15 is 0 Å². The fourth-order valence-corrected chi connectivity index (χ4v) is 4.11. The van der Waals surface area contributed by atoms with Crippen molar-refractivity contribution >= 4 is 30.7 Å². The Balaban J connectivity index is 0.00000225. The van der Waals surface area contributed by atoms with Gasteiger partial charge < -0.3 is 15.6 Å². The van der Waals surface area contributed by atoms with Gasteiger partial charge in [0.2, 0.25) is 5.91 Å². The molecule has 0 radical (unpaired) electrons. The Hall–Kier alpha value is -1.56. The number of carbonyl (C=O) groups excluding carboxylic acids is 1. The summed E-state index contributed by atoms with van der Waals surface area (Å²) in [7, 11) is 0. The fourth-order valence-electron chi connectivity index (χ4n) is 4.11. The number of rotatable bonds is 9. The van der Waals surface area contributed by atoms with E-state index in [4.69, 9.17) is 5.73 Å². The van der Waals surface area contributed by atoms with Crippen LogP contribution in [-0.2, 0) is 17.8 Å². The number of hydrogen-bond donors (Lipinski definition) is 2. The van der Waals surface area contributed by atoms with Gasteiger partial charge in [0.25, 0.3) is 0 Å². The minimum absolute atomic E-state index is 0. The highest BCUT2D eigenvalue weighted by Crippen LogP contribution is 2.28. The van der Waals surface area contributed by atoms with Gasteiger partial charge in [0.05, 0.1) is 18.1 Å². The van der Waals surface area contributed by atoms with Crippen LogP contribution in [0.5, 0.6) is 0 Å². The smallest absolute Gasteiger partial charge is 0.237 e. The quantitative estimate of drug-likeness (QED) is 0.584. The molecule has 1 saturated carbocycles. The molecule has 1 aromatic heterocycles. The highest BCUT2D eigenvalue weighted by atomic mass is 35.5. The van der Waals surface area contributed by atoms with E-state index < -0.39 is 6.04 Å². The summed E-state index contributed by atoms with van der Waals surface area (Å²) in [6, 6.07) is 10.0. The van der Waals surface area contributed by atoms with E-state index in [0.717, 1.165) is 31.0 Å². The van der Waals surface area contributed by atoms with Gasteiger partial charge >= 0.3 is 0 Å². The Labute approximate surface area is 193 Å². The first-order chi connectivity index (χ1) is 13.6. The molecule has 0 saturated heterocycles. The average molecular weight is 455 g/mol. The Morgan fingerprint density at radius 2 is 1.90 bits per heavy atom. The Morgan fingerprint density at radius 3 is 2.57 bits per heavy atom. The normalized spacial score (nSPS) is 19.3. The molecule has 5 nitrogen and oxygen atoms in total. The van der Waals surface area contributed by atoms with E-state index in [-0.39, 0.29) is 36.8 Å². The van der Waals surface area contributed by atoms with Crippen molar-refractivity contribution in [2.45, 2.75) is 76.9 Å². The summed E-state index contributed by atoms with van der Waals surface area (Å²) in [5.41, 5.74) is 8.25. The molecule has 30 heavy (non-hydrogen) atoms. The van der Waals surface area contributed by atoms with Crippen molar-refractivity contribution in [2.24, 2.45) is 11.7 Å². The minimum Gasteiger partial charge on any atom is -0.352 e. The Kier molecular flexibility index (Phi) is 12.1. The van der Waals surface area contributed by atoms with E-state index in [1.807, 2.05) is 35.3 Å². The summed E-state index contributed by atoms with van der Waals surface area (Å²) >= 11 is 0. The predicted octanol–water partition coefficient (Wildman–Crippen LogP) is 4.51. The first kappa shape index (κ1) is 26.5. The van der Waals surface area contributed by atoms with Gasteiger partial charge in [-0.25, -0.2) is 4.98 Å². The largest absolute Gasteiger partial charge is 0.352 e. The molecule has 1 aromatic carbocycles. The third-order valence-electron chi connectivity index (χ3n) is 5.82. The monoisotopic (exact) mass is 454 g/mol. The summed E-state index contributed by atoms with van der Waals surface area (Å²) in [5, 5.41) is 3.16. The molecule has 2 aromatic rings. The molecule has 1 fully saturated rings. The summed E-state index contributed by atoms with van der Waals surface area (Å²) < 4.78 is 2.03. The number of imidazole rings is 1. The van der Waals surface area contributed by atoms with Crippen molar-refractivity contribution in [3.63, 3.8) is 0 Å². The molecule has 3 rings (SSSR count). The molecule has 1 atom stereocenters. The van der Waals surface area contributed by atoms with Crippen LogP contribution in [0.2, 0.25) is 0 Å². The molecule has 0 spiro atoms. The lowest BCUT2D eigenvalue weighted by Gasteiger charge is -2.29. The molecule has 1 aliphatic carbocycles. The molecule has 0 bridgehead atoms. The molecular formula is C23H36Cl2N4O. The van der Waals surface area contributed by atoms with Crippen LogP contribution in [0.1, 0.15) is 63.1 Å². The molecule has 1 amide bonds. The van der Waals surface area contributed by atoms with E-state index in [2.05, 4.69) is 29.4 Å². The number of nitrogens with two attached hydrogens (primary N) is 1. The molecule has 1 aliphatic rings. The first-order valence-corrected chi connectivity index (χ1v) is 10.7. The van der Waals surface area contributed by atoms with Gasteiger partial charge in [-0.3, -0.25) is 4.79 Å². The second-order valence-corrected chi connectivity index (χ2v) is 8.20. The number of unbranched alkanes of at least 4 members (excludes halogenated alkanes) is 1. The molecule has 0 aliphatic heterocycles. The maximum Gasteiger partial charge on any atom is 0.237 e. The maximum absolute atomic E-state index is 12.5. The van der Waals surface area contributed by atoms with Crippen LogP contribution < -0.4 is 11.1 Å². The standard InChI is InChI=1S/C23H34N4O.2ClH/c1-2-3-7-18-10-12-20(13-11-18)26-23(28)22(24)14-21-16-27(17-25-21)15-19-8-5-4-6-9-19;;/h4-6,8-9,16-18,20,22H,2-3,7,10-15,24H2,1H3,(H,26,28);2*1H/t18?,20?,22-;;/m0../s1. The predicted molar refractivity (Wildman–Crippen MR) is 127 cm³/mol. The van der Waals surface area contributed by atoms with Crippen molar-refractivity contribution in [1.82, 2.24) is 14.9 Å².